The minimum Gasteiger partial charge on any atom is -0.917 e. The molecule has 0 unspecified atom stereocenters. The monoisotopic (exact) mass is 348 g/mol. The molecule has 0 radical (unpaired) electrons. The molecule has 0 atom stereocenters. The summed E-state index contributed by atoms with van der Waals surface area (Å²) in [5.74, 6) is 0.872. The van der Waals surface area contributed by atoms with Crippen molar-refractivity contribution in [2.45, 2.75) is 27.2 Å². The molecule has 2 aromatic rings. The summed E-state index contributed by atoms with van der Waals surface area (Å²) in [4.78, 5) is 23.6. The van der Waals surface area contributed by atoms with Gasteiger partial charge < -0.3 is 26.6 Å². The Morgan fingerprint density at radius 3 is 2.04 bits per heavy atom. The van der Waals surface area contributed by atoms with Gasteiger partial charge >= 0.3 is 29.6 Å². The number of carbonyl (C=O) groups is 2. The molecule has 0 aromatic carbocycles. The van der Waals surface area contributed by atoms with Crippen LogP contribution in [-0.4, -0.2) is 16.1 Å². The quantitative estimate of drug-likeness (QED) is 0.139. The van der Waals surface area contributed by atoms with E-state index in [-0.39, 0.29) is 59.1 Å². The Kier molecular flexibility index (Phi) is 9.33. The summed E-state index contributed by atoms with van der Waals surface area (Å²) in [5.41, 5.74) is 0.896. The van der Waals surface area contributed by atoms with E-state index in [2.05, 4.69) is 6.07 Å². The standard InChI is InChI=1S/C14H13O4.Na.O3S/c1-8-6-14(18-10(8)3)12(16)7-11(15)13-5-4-9(2)17-13;;1-4(2)3/h5-6H,7H2,1-3H3;;/q-1;+1;-2. The molecule has 2 rings (SSSR count). The Morgan fingerprint density at radius 2 is 1.65 bits per heavy atom. The molecule has 120 valence electrons. The zero-order chi connectivity index (χ0) is 16.9. The van der Waals surface area contributed by atoms with Gasteiger partial charge in [-0.05, 0) is 38.2 Å². The Bertz CT molecular complexity index is 728. The van der Waals surface area contributed by atoms with Crippen molar-refractivity contribution in [3.63, 3.8) is 0 Å². The predicted octanol–water partition coefficient (Wildman–Crippen LogP) is -0.516. The summed E-state index contributed by atoms with van der Waals surface area (Å²) >= 11 is 0. The SMILES string of the molecule is Cc1[c-]cc(C(=O)CC(=O)c2cc(C)c(C)o2)o1.O=[S-](=O)[O-].[Na+]. The van der Waals surface area contributed by atoms with Crippen LogP contribution in [0.5, 0.6) is 0 Å². The maximum absolute atomic E-state index is 11.8. The molecule has 23 heavy (non-hydrogen) atoms. The number of hydrogen-bond donors (Lipinski definition) is 0. The fourth-order valence-corrected chi connectivity index (χ4v) is 1.56. The molecule has 0 aliphatic rings. The molecule has 0 N–H and O–H groups in total. The number of Topliss-reactive ketones (excluding diaryl/α,β-unsaturated/α-hetero) is 2. The molecule has 7 nitrogen and oxygen atoms in total. The van der Waals surface area contributed by atoms with Crippen LogP contribution < -0.4 is 29.6 Å². The fraction of sp³-hybridized carbons (Fsp3) is 0.286. The Morgan fingerprint density at radius 1 is 1.13 bits per heavy atom. The summed E-state index contributed by atoms with van der Waals surface area (Å²) in [6.07, 6.45) is -0.257. The van der Waals surface area contributed by atoms with Gasteiger partial charge in [0.15, 0.2) is 5.76 Å². The van der Waals surface area contributed by atoms with Gasteiger partial charge in [0, 0.05) is 5.76 Å². The van der Waals surface area contributed by atoms with Gasteiger partial charge in [-0.3, -0.25) is 4.79 Å². The topological polar surface area (TPSA) is 118 Å². The molecule has 0 aliphatic heterocycles. The molecule has 2 heterocycles. The number of rotatable bonds is 4. The average molecular weight is 348 g/mol. The van der Waals surface area contributed by atoms with Crippen molar-refractivity contribution in [1.82, 2.24) is 0 Å². The first kappa shape index (κ1) is 21.8. The van der Waals surface area contributed by atoms with Crippen LogP contribution in [0.15, 0.2) is 21.0 Å². The maximum atomic E-state index is 11.8. The van der Waals surface area contributed by atoms with Crippen molar-refractivity contribution >= 4 is 22.6 Å². The van der Waals surface area contributed by atoms with Crippen molar-refractivity contribution < 1.29 is 61.0 Å². The third kappa shape index (κ3) is 7.28. The van der Waals surface area contributed by atoms with E-state index in [9.17, 15) is 9.59 Å². The van der Waals surface area contributed by atoms with Crippen LogP contribution in [0, 0.1) is 26.8 Å². The molecule has 9 heteroatoms. The first-order chi connectivity index (χ1) is 10.2. The molecular weight excluding hydrogens is 335 g/mol. The first-order valence-corrected chi connectivity index (χ1v) is 7.09. The minimum absolute atomic E-state index is 0. The third-order valence-electron chi connectivity index (χ3n) is 2.71. The van der Waals surface area contributed by atoms with Gasteiger partial charge in [-0.15, -0.1) is 0 Å². The number of carbonyl (C=O) groups excluding carboxylic acids is 2. The van der Waals surface area contributed by atoms with Crippen LogP contribution in [-0.2, 0) is 19.4 Å². The second-order valence-corrected chi connectivity index (χ2v) is 4.80. The van der Waals surface area contributed by atoms with Gasteiger partial charge in [-0.25, -0.2) is 6.07 Å². The van der Waals surface area contributed by atoms with Gasteiger partial charge in [0.2, 0.25) is 5.78 Å². The van der Waals surface area contributed by atoms with E-state index in [1.54, 1.807) is 19.9 Å². The van der Waals surface area contributed by atoms with Gasteiger partial charge in [0.1, 0.15) is 11.5 Å². The van der Waals surface area contributed by atoms with Crippen molar-refractivity contribution in [1.29, 1.82) is 0 Å². The predicted molar refractivity (Wildman–Crippen MR) is 73.3 cm³/mol. The van der Waals surface area contributed by atoms with Crippen LogP contribution in [0.3, 0.4) is 0 Å². The van der Waals surface area contributed by atoms with Gasteiger partial charge in [-0.1, -0.05) is 0 Å². The largest absolute Gasteiger partial charge is 1.00 e. The van der Waals surface area contributed by atoms with Crippen molar-refractivity contribution in [2.24, 2.45) is 0 Å². The Labute approximate surface area is 157 Å². The summed E-state index contributed by atoms with van der Waals surface area (Å²) in [7, 11) is -3.11. The van der Waals surface area contributed by atoms with E-state index >= 15 is 0 Å². The normalized spacial score (nSPS) is 9.78. The maximum Gasteiger partial charge on any atom is 1.00 e. The fourth-order valence-electron chi connectivity index (χ4n) is 1.56. The number of hydrogen-bond acceptors (Lipinski definition) is 8. The van der Waals surface area contributed by atoms with Crippen molar-refractivity contribution in [3.05, 3.63) is 46.8 Å². The Balaban J connectivity index is 0.000000871. The van der Waals surface area contributed by atoms with Crippen molar-refractivity contribution in [3.8, 4) is 0 Å². The zero-order valence-corrected chi connectivity index (χ0v) is 15.9. The van der Waals surface area contributed by atoms with E-state index in [1.807, 2.05) is 6.92 Å². The van der Waals surface area contributed by atoms with Crippen LogP contribution >= 0.6 is 0 Å². The third-order valence-corrected chi connectivity index (χ3v) is 2.71. The summed E-state index contributed by atoms with van der Waals surface area (Å²) in [6.45, 7) is 5.32. The first-order valence-electron chi connectivity index (χ1n) is 6.09. The summed E-state index contributed by atoms with van der Waals surface area (Å²) in [5, 5.41) is 0. The van der Waals surface area contributed by atoms with E-state index in [0.29, 0.717) is 11.5 Å². The number of furan rings is 2. The molecule has 0 saturated heterocycles. The minimum atomic E-state index is -3.11. The molecular formula is C14H13NaO7S-2. The van der Waals surface area contributed by atoms with Crippen LogP contribution in [0.1, 0.15) is 44.6 Å². The molecule has 2 aromatic heterocycles. The number of ketones is 2. The van der Waals surface area contributed by atoms with E-state index in [0.717, 1.165) is 5.56 Å². The van der Waals surface area contributed by atoms with Gasteiger partial charge in [0.25, 0.3) is 0 Å². The van der Waals surface area contributed by atoms with Crippen LogP contribution in [0.4, 0.5) is 0 Å². The summed E-state index contributed by atoms with van der Waals surface area (Å²) < 4.78 is 35.7. The molecule has 0 amide bonds. The average Bonchev–Trinajstić information content (AvgIpc) is 2.96. The van der Waals surface area contributed by atoms with Crippen LogP contribution in [0.25, 0.3) is 0 Å². The second-order valence-electron chi connectivity index (χ2n) is 4.39. The van der Waals surface area contributed by atoms with E-state index < -0.39 is 11.0 Å². The molecule has 0 bridgehead atoms. The smallest absolute Gasteiger partial charge is 0.917 e. The molecule has 0 saturated carbocycles. The van der Waals surface area contributed by atoms with E-state index in [1.165, 1.54) is 6.07 Å². The second kappa shape index (κ2) is 9.84. The molecule has 0 fully saturated rings. The molecule has 0 aliphatic carbocycles. The summed E-state index contributed by atoms with van der Waals surface area (Å²) in [6, 6.07) is 5.84. The van der Waals surface area contributed by atoms with Gasteiger partial charge in [0.05, 0.1) is 6.42 Å². The zero-order valence-electron chi connectivity index (χ0n) is 13.1. The Hall–Kier alpha value is -1.19. The van der Waals surface area contributed by atoms with Crippen molar-refractivity contribution in [2.75, 3.05) is 0 Å². The van der Waals surface area contributed by atoms with E-state index in [4.69, 9.17) is 21.8 Å². The number of aryl methyl sites for hydroxylation is 3. The molecule has 0 spiro atoms. The van der Waals surface area contributed by atoms with Gasteiger partial charge in [-0.2, -0.15) is 17.1 Å². The van der Waals surface area contributed by atoms with Crippen LogP contribution in [0.2, 0.25) is 0 Å².